The van der Waals surface area contributed by atoms with Gasteiger partial charge < -0.3 is 10.6 Å². The van der Waals surface area contributed by atoms with Crippen molar-refractivity contribution in [1.82, 2.24) is 0 Å². The maximum Gasteiger partial charge on any atom is 0.293 e. The molecule has 6 heteroatoms. The van der Waals surface area contributed by atoms with Crippen LogP contribution in [0.3, 0.4) is 0 Å². The van der Waals surface area contributed by atoms with Gasteiger partial charge in [0, 0.05) is 28.4 Å². The number of hydrogen-bond acceptors (Lipinski definition) is 4. The van der Waals surface area contributed by atoms with Gasteiger partial charge in [0.25, 0.3) is 5.69 Å². The van der Waals surface area contributed by atoms with Crippen LogP contribution in [0, 0.1) is 13.7 Å². The van der Waals surface area contributed by atoms with Gasteiger partial charge in [-0.2, -0.15) is 0 Å². The smallest absolute Gasteiger partial charge is 0.293 e. The van der Waals surface area contributed by atoms with Gasteiger partial charge in [-0.3, -0.25) is 10.1 Å². The third kappa shape index (κ3) is 2.67. The molecule has 3 rings (SSSR count). The molecule has 2 N–H and O–H groups in total. The van der Waals surface area contributed by atoms with Crippen molar-refractivity contribution in [3.8, 4) is 0 Å². The first kappa shape index (κ1) is 14.1. The molecule has 5 nitrogen and oxygen atoms in total. The zero-order chi connectivity index (χ0) is 15.0. The number of rotatable bonds is 2. The molecule has 0 spiro atoms. The first-order valence-corrected chi connectivity index (χ1v) is 7.69. The zero-order valence-electron chi connectivity index (χ0n) is 11.3. The molecule has 0 atom stereocenters. The highest BCUT2D eigenvalue weighted by atomic mass is 127. The van der Waals surface area contributed by atoms with Crippen LogP contribution in [-0.4, -0.2) is 11.5 Å². The van der Waals surface area contributed by atoms with E-state index in [0.717, 1.165) is 27.8 Å². The van der Waals surface area contributed by atoms with Gasteiger partial charge in [-0.15, -0.1) is 0 Å². The number of nitrogens with two attached hydrogens (primary N) is 1. The van der Waals surface area contributed by atoms with Crippen molar-refractivity contribution < 1.29 is 4.92 Å². The molecule has 0 amide bonds. The first-order valence-electron chi connectivity index (χ1n) is 6.61. The number of nitrogens with zero attached hydrogens (tertiary/aromatic N) is 2. The van der Waals surface area contributed by atoms with Gasteiger partial charge in [-0.25, -0.2) is 0 Å². The molecule has 1 aliphatic rings. The standard InChI is InChI=1S/C15H14IN3O2/c16-11-4-5-14(15(8-11)19(20)21)18-7-6-12-10(9-18)2-1-3-13(12)17/h1-5,8H,6-7,9,17H2. The molecule has 2 aromatic carbocycles. The maximum absolute atomic E-state index is 11.3. The molecular formula is C15H14IN3O2. The van der Waals surface area contributed by atoms with Gasteiger partial charge in [0.1, 0.15) is 5.69 Å². The van der Waals surface area contributed by atoms with E-state index in [1.165, 1.54) is 5.56 Å². The molecule has 108 valence electrons. The van der Waals surface area contributed by atoms with Gasteiger partial charge >= 0.3 is 0 Å². The molecule has 0 saturated carbocycles. The summed E-state index contributed by atoms with van der Waals surface area (Å²) in [5.41, 5.74) is 9.96. The number of hydrogen-bond donors (Lipinski definition) is 1. The van der Waals surface area contributed by atoms with Crippen molar-refractivity contribution in [2.45, 2.75) is 13.0 Å². The number of benzene rings is 2. The lowest BCUT2D eigenvalue weighted by atomic mass is 9.97. The van der Waals surface area contributed by atoms with Crippen LogP contribution in [0.4, 0.5) is 17.1 Å². The van der Waals surface area contributed by atoms with Gasteiger partial charge in [-0.05, 0) is 58.3 Å². The third-order valence-electron chi connectivity index (χ3n) is 3.78. The van der Waals surface area contributed by atoms with Crippen molar-refractivity contribution in [2.24, 2.45) is 0 Å². The van der Waals surface area contributed by atoms with Crippen molar-refractivity contribution in [3.63, 3.8) is 0 Å². The van der Waals surface area contributed by atoms with E-state index >= 15 is 0 Å². The fourth-order valence-electron chi connectivity index (χ4n) is 2.75. The lowest BCUT2D eigenvalue weighted by Crippen LogP contribution is -2.31. The van der Waals surface area contributed by atoms with E-state index in [9.17, 15) is 10.1 Å². The van der Waals surface area contributed by atoms with Gasteiger partial charge in [0.15, 0.2) is 0 Å². The third-order valence-corrected chi connectivity index (χ3v) is 4.45. The minimum atomic E-state index is -0.313. The number of halogens is 1. The second kappa shape index (κ2) is 5.51. The average Bonchev–Trinajstić information content (AvgIpc) is 2.47. The Balaban J connectivity index is 1.99. The Labute approximate surface area is 136 Å². The van der Waals surface area contributed by atoms with Crippen LogP contribution in [0.5, 0.6) is 0 Å². The van der Waals surface area contributed by atoms with Crippen molar-refractivity contribution in [1.29, 1.82) is 0 Å². The van der Waals surface area contributed by atoms with Crippen LogP contribution in [-0.2, 0) is 13.0 Å². The highest BCUT2D eigenvalue weighted by Crippen LogP contribution is 2.34. The van der Waals surface area contributed by atoms with Gasteiger partial charge in [-0.1, -0.05) is 12.1 Å². The number of nitro benzene ring substituents is 1. The molecule has 0 radical (unpaired) electrons. The van der Waals surface area contributed by atoms with Gasteiger partial charge in [0.05, 0.1) is 4.92 Å². The number of nitro groups is 1. The Morgan fingerprint density at radius 2 is 2.10 bits per heavy atom. The normalized spacial score (nSPS) is 13.9. The van der Waals surface area contributed by atoms with E-state index in [0.29, 0.717) is 12.2 Å². The van der Waals surface area contributed by atoms with E-state index in [4.69, 9.17) is 5.73 Å². The Bertz CT molecular complexity index is 718. The summed E-state index contributed by atoms with van der Waals surface area (Å²) < 4.78 is 0.865. The van der Waals surface area contributed by atoms with E-state index in [-0.39, 0.29) is 10.6 Å². The number of nitrogen functional groups attached to an aromatic ring is 1. The summed E-state index contributed by atoms with van der Waals surface area (Å²) in [6, 6.07) is 11.2. The van der Waals surface area contributed by atoms with Crippen molar-refractivity contribution in [3.05, 3.63) is 61.2 Å². The summed E-state index contributed by atoms with van der Waals surface area (Å²) in [6.07, 6.45) is 0.811. The average molecular weight is 395 g/mol. The minimum Gasteiger partial charge on any atom is -0.398 e. The van der Waals surface area contributed by atoms with Crippen LogP contribution in [0.2, 0.25) is 0 Å². The molecule has 0 unspecified atom stereocenters. The maximum atomic E-state index is 11.3. The first-order chi connectivity index (χ1) is 10.1. The SMILES string of the molecule is Nc1cccc2c1CCN(c1ccc(I)cc1[N+](=O)[O-])C2. The lowest BCUT2D eigenvalue weighted by molar-refractivity contribution is -0.384. The Kier molecular flexibility index (Phi) is 3.71. The molecule has 21 heavy (non-hydrogen) atoms. The molecule has 0 aliphatic carbocycles. The minimum absolute atomic E-state index is 0.161. The van der Waals surface area contributed by atoms with E-state index in [1.807, 2.05) is 30.3 Å². The zero-order valence-corrected chi connectivity index (χ0v) is 13.4. The highest BCUT2D eigenvalue weighted by Gasteiger charge is 2.24. The summed E-state index contributed by atoms with van der Waals surface area (Å²) in [5, 5.41) is 11.3. The van der Waals surface area contributed by atoms with Crippen molar-refractivity contribution >= 4 is 39.7 Å². The predicted molar refractivity (Wildman–Crippen MR) is 91.4 cm³/mol. The topological polar surface area (TPSA) is 72.4 Å². The summed E-state index contributed by atoms with van der Waals surface area (Å²) in [7, 11) is 0. The fraction of sp³-hybridized carbons (Fsp3) is 0.200. The van der Waals surface area contributed by atoms with E-state index in [2.05, 4.69) is 27.5 Å². The van der Waals surface area contributed by atoms with Crippen LogP contribution in [0.15, 0.2) is 36.4 Å². The van der Waals surface area contributed by atoms with Crippen LogP contribution >= 0.6 is 22.6 Å². The second-order valence-corrected chi connectivity index (χ2v) is 6.29. The summed E-state index contributed by atoms with van der Waals surface area (Å²) >= 11 is 2.09. The Morgan fingerprint density at radius 3 is 2.86 bits per heavy atom. The van der Waals surface area contributed by atoms with Crippen LogP contribution in [0.1, 0.15) is 11.1 Å². The Morgan fingerprint density at radius 1 is 1.29 bits per heavy atom. The van der Waals surface area contributed by atoms with Crippen LogP contribution < -0.4 is 10.6 Å². The largest absolute Gasteiger partial charge is 0.398 e. The second-order valence-electron chi connectivity index (χ2n) is 5.05. The molecule has 1 aliphatic heterocycles. The predicted octanol–water partition coefficient (Wildman–Crippen LogP) is 3.34. The number of anilines is 2. The molecule has 0 fully saturated rings. The summed E-state index contributed by atoms with van der Waals surface area (Å²) in [4.78, 5) is 13.0. The molecule has 1 heterocycles. The molecule has 2 aromatic rings. The molecular weight excluding hydrogens is 381 g/mol. The monoisotopic (exact) mass is 395 g/mol. The highest BCUT2D eigenvalue weighted by molar-refractivity contribution is 14.1. The molecule has 0 aromatic heterocycles. The summed E-state index contributed by atoms with van der Waals surface area (Å²) in [6.45, 7) is 1.39. The summed E-state index contributed by atoms with van der Waals surface area (Å²) in [5.74, 6) is 0. The van der Waals surface area contributed by atoms with Crippen LogP contribution in [0.25, 0.3) is 0 Å². The van der Waals surface area contributed by atoms with E-state index in [1.54, 1.807) is 6.07 Å². The quantitative estimate of drug-likeness (QED) is 0.367. The number of fused-ring (bicyclic) bond motifs is 1. The van der Waals surface area contributed by atoms with E-state index < -0.39 is 0 Å². The van der Waals surface area contributed by atoms with Gasteiger partial charge in [0.2, 0.25) is 0 Å². The molecule has 0 bridgehead atoms. The van der Waals surface area contributed by atoms with Crippen molar-refractivity contribution in [2.75, 3.05) is 17.2 Å². The Hall–Kier alpha value is -1.83. The fourth-order valence-corrected chi connectivity index (χ4v) is 3.23. The lowest BCUT2D eigenvalue weighted by Gasteiger charge is -2.31. The molecule has 0 saturated heterocycles.